The summed E-state index contributed by atoms with van der Waals surface area (Å²) in [6, 6.07) is 7.40. The number of carbonyl (C=O) groups is 1. The van der Waals surface area contributed by atoms with Gasteiger partial charge in [-0.2, -0.15) is 5.26 Å². The second-order valence-electron chi connectivity index (χ2n) is 4.45. The van der Waals surface area contributed by atoms with Gasteiger partial charge in [-0.25, -0.2) is 0 Å². The molecule has 1 saturated carbocycles. The zero-order valence-electron chi connectivity index (χ0n) is 9.45. The van der Waals surface area contributed by atoms with E-state index in [1.807, 2.05) is 13.0 Å². The van der Waals surface area contributed by atoms with Gasteiger partial charge in [-0.15, -0.1) is 0 Å². The Balaban J connectivity index is 2.14. The number of nitriles is 1. The standard InChI is InChI=1S/C13H14N2O/c1-8-3-4-10(7-14)6-12(8)15-13(16)11-5-9(11)2/h3-4,6,9,11H,5H2,1-2H3,(H,15,16). The minimum atomic E-state index is 0.0747. The van der Waals surface area contributed by atoms with Crippen LogP contribution >= 0.6 is 0 Å². The van der Waals surface area contributed by atoms with Crippen LogP contribution in [0.25, 0.3) is 0 Å². The van der Waals surface area contributed by atoms with Crippen LogP contribution in [0.2, 0.25) is 0 Å². The van der Waals surface area contributed by atoms with Crippen molar-refractivity contribution in [2.45, 2.75) is 20.3 Å². The van der Waals surface area contributed by atoms with Crippen molar-refractivity contribution in [2.24, 2.45) is 11.8 Å². The Bertz CT molecular complexity index is 473. The number of benzene rings is 1. The van der Waals surface area contributed by atoms with Gasteiger partial charge in [-0.05, 0) is 37.0 Å². The van der Waals surface area contributed by atoms with Crippen LogP contribution in [0.5, 0.6) is 0 Å². The van der Waals surface area contributed by atoms with E-state index in [4.69, 9.17) is 5.26 Å². The van der Waals surface area contributed by atoms with Crippen molar-refractivity contribution in [1.29, 1.82) is 5.26 Å². The molecule has 16 heavy (non-hydrogen) atoms. The number of hydrogen-bond donors (Lipinski definition) is 1. The van der Waals surface area contributed by atoms with Gasteiger partial charge < -0.3 is 5.32 Å². The van der Waals surface area contributed by atoms with E-state index < -0.39 is 0 Å². The van der Waals surface area contributed by atoms with E-state index in [9.17, 15) is 4.79 Å². The molecule has 0 aromatic heterocycles. The summed E-state index contributed by atoms with van der Waals surface area (Å²) in [5, 5.41) is 11.7. The summed E-state index contributed by atoms with van der Waals surface area (Å²) in [5.41, 5.74) is 2.31. The second kappa shape index (κ2) is 3.97. The first-order chi connectivity index (χ1) is 7.61. The summed E-state index contributed by atoms with van der Waals surface area (Å²) in [5.74, 6) is 0.732. The Hall–Kier alpha value is -1.82. The minimum absolute atomic E-state index is 0.0747. The quantitative estimate of drug-likeness (QED) is 0.822. The molecule has 0 spiro atoms. The first-order valence-corrected chi connectivity index (χ1v) is 5.43. The van der Waals surface area contributed by atoms with Gasteiger partial charge in [-0.1, -0.05) is 13.0 Å². The van der Waals surface area contributed by atoms with Crippen LogP contribution < -0.4 is 5.32 Å². The summed E-state index contributed by atoms with van der Waals surface area (Å²) >= 11 is 0. The van der Waals surface area contributed by atoms with E-state index in [-0.39, 0.29) is 11.8 Å². The molecule has 1 aliphatic carbocycles. The van der Waals surface area contributed by atoms with Crippen LogP contribution in [0.1, 0.15) is 24.5 Å². The van der Waals surface area contributed by atoms with Gasteiger partial charge in [0.2, 0.25) is 5.91 Å². The average Bonchev–Trinajstić information content (AvgIpc) is 2.99. The topological polar surface area (TPSA) is 52.9 Å². The fourth-order valence-electron chi connectivity index (χ4n) is 1.74. The zero-order valence-corrected chi connectivity index (χ0v) is 9.45. The van der Waals surface area contributed by atoms with Crippen molar-refractivity contribution in [2.75, 3.05) is 5.32 Å². The lowest BCUT2D eigenvalue weighted by Gasteiger charge is -2.08. The van der Waals surface area contributed by atoms with E-state index in [0.717, 1.165) is 17.7 Å². The molecular weight excluding hydrogens is 200 g/mol. The van der Waals surface area contributed by atoms with Gasteiger partial charge in [0.1, 0.15) is 0 Å². The maximum Gasteiger partial charge on any atom is 0.227 e. The highest BCUT2D eigenvalue weighted by Gasteiger charge is 2.39. The molecule has 1 aliphatic rings. The molecule has 2 atom stereocenters. The van der Waals surface area contributed by atoms with Crippen LogP contribution in [0.15, 0.2) is 18.2 Å². The molecule has 3 nitrogen and oxygen atoms in total. The number of nitrogens with one attached hydrogen (secondary N) is 1. The monoisotopic (exact) mass is 214 g/mol. The Kier molecular flexibility index (Phi) is 2.66. The van der Waals surface area contributed by atoms with E-state index in [1.54, 1.807) is 12.1 Å². The molecule has 1 aromatic rings. The van der Waals surface area contributed by atoms with Crippen LogP contribution in [0.3, 0.4) is 0 Å². The normalized spacial score (nSPS) is 22.3. The number of hydrogen-bond acceptors (Lipinski definition) is 2. The Morgan fingerprint density at radius 1 is 1.56 bits per heavy atom. The molecule has 1 N–H and O–H groups in total. The van der Waals surface area contributed by atoms with E-state index in [2.05, 4.69) is 18.3 Å². The Labute approximate surface area is 95.1 Å². The predicted molar refractivity (Wildman–Crippen MR) is 61.8 cm³/mol. The first-order valence-electron chi connectivity index (χ1n) is 5.43. The molecular formula is C13H14N2O. The van der Waals surface area contributed by atoms with Gasteiger partial charge >= 0.3 is 0 Å². The summed E-state index contributed by atoms with van der Waals surface area (Å²) in [6.07, 6.45) is 0.975. The highest BCUT2D eigenvalue weighted by Crippen LogP contribution is 2.38. The molecule has 1 amide bonds. The second-order valence-corrected chi connectivity index (χ2v) is 4.45. The van der Waals surface area contributed by atoms with Crippen molar-refractivity contribution < 1.29 is 4.79 Å². The van der Waals surface area contributed by atoms with Gasteiger partial charge in [0, 0.05) is 11.6 Å². The van der Waals surface area contributed by atoms with Crippen LogP contribution in [0.4, 0.5) is 5.69 Å². The molecule has 0 radical (unpaired) electrons. The number of amides is 1. The number of carbonyl (C=O) groups excluding carboxylic acids is 1. The lowest BCUT2D eigenvalue weighted by molar-refractivity contribution is -0.117. The van der Waals surface area contributed by atoms with E-state index in [0.29, 0.717) is 11.5 Å². The number of anilines is 1. The number of aryl methyl sites for hydroxylation is 1. The average molecular weight is 214 g/mol. The third-order valence-corrected chi connectivity index (χ3v) is 3.07. The molecule has 3 heteroatoms. The van der Waals surface area contributed by atoms with E-state index >= 15 is 0 Å². The fourth-order valence-corrected chi connectivity index (χ4v) is 1.74. The molecule has 2 unspecified atom stereocenters. The minimum Gasteiger partial charge on any atom is -0.326 e. The highest BCUT2D eigenvalue weighted by atomic mass is 16.2. The van der Waals surface area contributed by atoms with Gasteiger partial charge in [0.15, 0.2) is 0 Å². The largest absolute Gasteiger partial charge is 0.326 e. The van der Waals surface area contributed by atoms with Crippen molar-refractivity contribution in [3.8, 4) is 6.07 Å². The number of rotatable bonds is 2. The maximum atomic E-state index is 11.7. The van der Waals surface area contributed by atoms with Crippen LogP contribution in [-0.2, 0) is 4.79 Å². The van der Waals surface area contributed by atoms with Crippen molar-refractivity contribution in [3.63, 3.8) is 0 Å². The molecule has 0 saturated heterocycles. The summed E-state index contributed by atoms with van der Waals surface area (Å²) in [7, 11) is 0. The fraction of sp³-hybridized carbons (Fsp3) is 0.385. The van der Waals surface area contributed by atoms with Gasteiger partial charge in [0.25, 0.3) is 0 Å². The molecule has 1 aromatic carbocycles. The summed E-state index contributed by atoms with van der Waals surface area (Å²) in [4.78, 5) is 11.7. The predicted octanol–water partition coefficient (Wildman–Crippen LogP) is 2.46. The third kappa shape index (κ3) is 2.06. The molecule has 1 fully saturated rings. The van der Waals surface area contributed by atoms with Crippen LogP contribution in [-0.4, -0.2) is 5.91 Å². The highest BCUT2D eigenvalue weighted by molar-refractivity contribution is 5.95. The summed E-state index contributed by atoms with van der Waals surface area (Å²) in [6.45, 7) is 4.00. The Morgan fingerprint density at radius 2 is 2.25 bits per heavy atom. The maximum absolute atomic E-state index is 11.7. The smallest absolute Gasteiger partial charge is 0.227 e. The number of nitrogens with zero attached hydrogens (tertiary/aromatic N) is 1. The zero-order chi connectivity index (χ0) is 11.7. The molecule has 0 heterocycles. The lowest BCUT2D eigenvalue weighted by atomic mass is 10.1. The van der Waals surface area contributed by atoms with Crippen molar-refractivity contribution in [3.05, 3.63) is 29.3 Å². The lowest BCUT2D eigenvalue weighted by Crippen LogP contribution is -2.15. The van der Waals surface area contributed by atoms with E-state index in [1.165, 1.54) is 0 Å². The Morgan fingerprint density at radius 3 is 2.81 bits per heavy atom. The first kappa shape index (κ1) is 10.7. The van der Waals surface area contributed by atoms with Crippen LogP contribution in [0, 0.1) is 30.1 Å². The SMILES string of the molecule is Cc1ccc(C#N)cc1NC(=O)C1CC1C. The third-order valence-electron chi connectivity index (χ3n) is 3.07. The van der Waals surface area contributed by atoms with Gasteiger partial charge in [-0.3, -0.25) is 4.79 Å². The van der Waals surface area contributed by atoms with Gasteiger partial charge in [0.05, 0.1) is 11.6 Å². The molecule has 0 bridgehead atoms. The van der Waals surface area contributed by atoms with Crippen molar-refractivity contribution >= 4 is 11.6 Å². The van der Waals surface area contributed by atoms with Crippen molar-refractivity contribution in [1.82, 2.24) is 0 Å². The molecule has 2 rings (SSSR count). The summed E-state index contributed by atoms with van der Waals surface area (Å²) < 4.78 is 0. The molecule has 0 aliphatic heterocycles. The molecule has 82 valence electrons.